The topological polar surface area (TPSA) is 244 Å². The molecule has 1 heterocycles. The Labute approximate surface area is 357 Å². The van der Waals surface area contributed by atoms with Crippen LogP contribution in [0.5, 0.6) is 11.8 Å². The zero-order chi connectivity index (χ0) is 44.4. The van der Waals surface area contributed by atoms with Crippen LogP contribution in [0.25, 0.3) is 22.2 Å². The molecule has 19 heteroatoms. The Kier molecular flexibility index (Phi) is 17.0. The van der Waals surface area contributed by atoms with E-state index in [-0.39, 0.29) is 24.3 Å². The lowest BCUT2D eigenvalue weighted by atomic mass is 9.98. The number of fused-ring (bicyclic) bond motifs is 1. The molecule has 19 nitrogen and oxygen atoms in total. The number of imidazole rings is 1. The Balaban J connectivity index is 0.000000715. The largest absolute Gasteiger partial charge is 0.515 e. The van der Waals surface area contributed by atoms with E-state index < -0.39 is 30.2 Å². The van der Waals surface area contributed by atoms with E-state index in [4.69, 9.17) is 40.0 Å². The van der Waals surface area contributed by atoms with Crippen LogP contribution >= 0.6 is 0 Å². The van der Waals surface area contributed by atoms with E-state index in [0.717, 1.165) is 34.6 Å². The van der Waals surface area contributed by atoms with E-state index in [2.05, 4.69) is 14.9 Å². The van der Waals surface area contributed by atoms with Crippen LogP contribution in [0.4, 0.5) is 4.79 Å². The van der Waals surface area contributed by atoms with Gasteiger partial charge in [0.1, 0.15) is 18.5 Å². The monoisotopic (exact) mass is 855 g/mol. The highest BCUT2D eigenvalue weighted by Crippen LogP contribution is 2.29. The maximum Gasteiger partial charge on any atom is 0.515 e. The highest BCUT2D eigenvalue weighted by atomic mass is 16.9. The van der Waals surface area contributed by atoms with Crippen LogP contribution in [0.15, 0.2) is 96.1 Å². The summed E-state index contributed by atoms with van der Waals surface area (Å²) in [4.78, 5) is 54.4. The van der Waals surface area contributed by atoms with Gasteiger partial charge in [-0.3, -0.25) is 9.36 Å². The molecule has 0 bridgehead atoms. The molecule has 1 aliphatic carbocycles. The van der Waals surface area contributed by atoms with Crippen molar-refractivity contribution in [2.45, 2.75) is 71.5 Å². The van der Waals surface area contributed by atoms with Crippen molar-refractivity contribution in [1.29, 1.82) is 0 Å². The first-order valence-electron chi connectivity index (χ1n) is 19.7. The van der Waals surface area contributed by atoms with Crippen molar-refractivity contribution >= 4 is 35.5 Å². The van der Waals surface area contributed by atoms with Crippen molar-refractivity contribution in [2.24, 2.45) is 16.7 Å². The Morgan fingerprint density at radius 2 is 1.68 bits per heavy atom. The van der Waals surface area contributed by atoms with Crippen LogP contribution in [-0.2, 0) is 41.7 Å². The molecule has 1 fully saturated rings. The summed E-state index contributed by atoms with van der Waals surface area (Å²) in [5.74, 6) is 5.60. The number of nitrogens with zero attached hydrogens (tertiary/aromatic N) is 5. The summed E-state index contributed by atoms with van der Waals surface area (Å²) >= 11 is 0. The predicted molar refractivity (Wildman–Crippen MR) is 225 cm³/mol. The molecule has 1 saturated carbocycles. The second-order valence-electron chi connectivity index (χ2n) is 13.7. The fourth-order valence-electron chi connectivity index (χ4n) is 6.43. The van der Waals surface area contributed by atoms with Gasteiger partial charge in [-0.1, -0.05) is 73.2 Å². The third-order valence-corrected chi connectivity index (χ3v) is 9.45. The molecule has 1 aliphatic rings. The number of aromatic nitrogens is 2. The van der Waals surface area contributed by atoms with Gasteiger partial charge < -0.3 is 39.0 Å². The number of para-hydroxylation sites is 1. The smallest absolute Gasteiger partial charge is 0.465 e. The number of benzene rings is 4. The molecule has 6 rings (SSSR count). The van der Waals surface area contributed by atoms with Crippen molar-refractivity contribution in [3.8, 4) is 22.9 Å². The van der Waals surface area contributed by atoms with Gasteiger partial charge in [-0.05, 0) is 86.1 Å². The Hall–Kier alpha value is -7.25. The van der Waals surface area contributed by atoms with Gasteiger partial charge in [0.05, 0.1) is 29.7 Å². The third-order valence-electron chi connectivity index (χ3n) is 9.45. The first-order valence-corrected chi connectivity index (χ1v) is 19.7. The lowest BCUT2D eigenvalue weighted by Crippen LogP contribution is -2.33. The van der Waals surface area contributed by atoms with Crippen molar-refractivity contribution < 1.29 is 52.7 Å². The summed E-state index contributed by atoms with van der Waals surface area (Å²) in [6.45, 7) is 4.05. The van der Waals surface area contributed by atoms with Gasteiger partial charge in [-0.15, -0.1) is 15.2 Å². The molecule has 0 aliphatic heterocycles. The molecule has 62 heavy (non-hydrogen) atoms. The second-order valence-corrected chi connectivity index (χ2v) is 13.7. The van der Waals surface area contributed by atoms with Crippen molar-refractivity contribution in [3.63, 3.8) is 0 Å². The lowest BCUT2D eigenvalue weighted by Gasteiger charge is -2.18. The van der Waals surface area contributed by atoms with Gasteiger partial charge in [0, 0.05) is 12.7 Å². The standard InChI is InChI=1S/C36H37N7O10.C7H12O2/c1-4-49-35-39-31-11-7-10-30(34(44)52-23(2)48-3)32(31)41(35)20-24-12-16-26(17-13-24)28-8-5-6-9-29(28)33(37)40-42(38)22-50-36(45)53-27-18-14-25(15-19-27)21-51-43(46)47;8-6-9-7-4-2-1-3-5-7/h5-19,23H,4,20-22,38H2,1-3H3,(H2,37,40);6-7H,1-5H2. The predicted octanol–water partition coefficient (Wildman–Crippen LogP) is 6.47. The molecule has 0 spiro atoms. The average molecular weight is 856 g/mol. The molecule has 0 saturated heterocycles. The van der Waals surface area contributed by atoms with Gasteiger partial charge in [0.2, 0.25) is 0 Å². The molecule has 1 unspecified atom stereocenters. The van der Waals surface area contributed by atoms with Crippen LogP contribution in [0, 0.1) is 10.1 Å². The molecular weight excluding hydrogens is 807 g/mol. The van der Waals surface area contributed by atoms with E-state index in [9.17, 15) is 24.5 Å². The third kappa shape index (κ3) is 13.1. The molecule has 4 aromatic carbocycles. The van der Waals surface area contributed by atoms with E-state index >= 15 is 0 Å². The first kappa shape index (κ1) is 45.8. The summed E-state index contributed by atoms with van der Waals surface area (Å²) in [6, 6.07) is 26.5. The van der Waals surface area contributed by atoms with E-state index in [1.54, 1.807) is 37.3 Å². The zero-order valence-electron chi connectivity index (χ0n) is 34.5. The molecule has 1 aromatic heterocycles. The normalized spacial score (nSPS) is 13.2. The van der Waals surface area contributed by atoms with E-state index in [1.807, 2.05) is 47.9 Å². The van der Waals surface area contributed by atoms with E-state index in [1.165, 1.54) is 50.6 Å². The van der Waals surface area contributed by atoms with E-state index in [0.29, 0.717) is 53.4 Å². The van der Waals surface area contributed by atoms with Crippen LogP contribution < -0.4 is 21.1 Å². The summed E-state index contributed by atoms with van der Waals surface area (Å²) in [5, 5.41) is 14.5. The SMILES string of the molecule is CCOc1nc2cccc(C(=O)OC(C)OC)c2n1Cc1ccc(-c2ccccc2/C(N)=N/N(N)COC(=O)Oc2ccc(CO[N+](=O)[O-])cc2)cc1.O=COC1CCCCC1. The van der Waals surface area contributed by atoms with Crippen molar-refractivity contribution in [2.75, 3.05) is 20.4 Å². The number of amidine groups is 1. The van der Waals surface area contributed by atoms with Gasteiger partial charge in [0.15, 0.2) is 18.9 Å². The lowest BCUT2D eigenvalue weighted by molar-refractivity contribution is -0.763. The van der Waals surface area contributed by atoms with Crippen molar-refractivity contribution in [3.05, 3.63) is 123 Å². The minimum atomic E-state index is -1.06. The summed E-state index contributed by atoms with van der Waals surface area (Å²) in [6.07, 6.45) is 4.33. The zero-order valence-corrected chi connectivity index (χ0v) is 34.5. The average Bonchev–Trinajstić information content (AvgIpc) is 3.62. The minimum absolute atomic E-state index is 0.0603. The number of hydrazine groups is 1. The second kappa shape index (κ2) is 22.9. The number of esters is 1. The number of carbonyl (C=O) groups is 3. The number of rotatable bonds is 18. The molecule has 0 radical (unpaired) electrons. The summed E-state index contributed by atoms with van der Waals surface area (Å²) < 4.78 is 33.2. The first-order chi connectivity index (χ1) is 30.0. The molecule has 5 aromatic rings. The minimum Gasteiger partial charge on any atom is -0.465 e. The maximum absolute atomic E-state index is 13.1. The number of hydrogen-bond donors (Lipinski definition) is 2. The molecule has 328 valence electrons. The molecule has 1 atom stereocenters. The number of ether oxygens (including phenoxy) is 6. The Bertz CT molecular complexity index is 2300. The number of hydrogen-bond acceptors (Lipinski definition) is 16. The summed E-state index contributed by atoms with van der Waals surface area (Å²) in [7, 11) is 1.46. The van der Waals surface area contributed by atoms with Crippen LogP contribution in [0.3, 0.4) is 0 Å². The van der Waals surface area contributed by atoms with Gasteiger partial charge in [0.25, 0.3) is 17.6 Å². The molecular formula is C43H49N7O12. The Morgan fingerprint density at radius 1 is 0.984 bits per heavy atom. The number of nitrogens with two attached hydrogens (primary N) is 2. The van der Waals surface area contributed by atoms with Gasteiger partial charge >= 0.3 is 12.1 Å². The molecule has 4 N–H and O–H groups in total. The number of hydrazone groups is 1. The highest BCUT2D eigenvalue weighted by molar-refractivity contribution is 6.03. The Morgan fingerprint density at radius 3 is 2.35 bits per heavy atom. The van der Waals surface area contributed by atoms with Crippen LogP contribution in [0.2, 0.25) is 0 Å². The van der Waals surface area contributed by atoms with Crippen LogP contribution in [-0.4, -0.2) is 77.0 Å². The van der Waals surface area contributed by atoms with Gasteiger partial charge in [-0.25, -0.2) is 15.4 Å². The highest BCUT2D eigenvalue weighted by Gasteiger charge is 2.22. The summed E-state index contributed by atoms with van der Waals surface area (Å²) in [5.41, 5.74) is 11.4. The number of carbonyl (C=O) groups excluding carboxylic acids is 3. The fourth-order valence-corrected chi connectivity index (χ4v) is 6.43. The quantitative estimate of drug-likeness (QED) is 0.00916. The van der Waals surface area contributed by atoms with Crippen LogP contribution in [0.1, 0.15) is 73.0 Å². The fraction of sp³-hybridized carbons (Fsp3) is 0.326. The van der Waals surface area contributed by atoms with Gasteiger partial charge in [-0.2, -0.15) is 10.1 Å². The van der Waals surface area contributed by atoms with Crippen molar-refractivity contribution in [1.82, 2.24) is 14.7 Å². The number of methoxy groups -OCH3 is 1. The molecule has 0 amide bonds. The maximum atomic E-state index is 13.1.